The lowest BCUT2D eigenvalue weighted by atomic mass is 10.1. The van der Waals surface area contributed by atoms with Gasteiger partial charge >= 0.3 is 0 Å². The summed E-state index contributed by atoms with van der Waals surface area (Å²) >= 11 is 0. The number of para-hydroxylation sites is 1. The molecule has 0 aromatic heterocycles. The number of carbonyl (C=O) groups excluding carboxylic acids is 1. The van der Waals surface area contributed by atoms with Crippen LogP contribution in [0.15, 0.2) is 24.3 Å². The van der Waals surface area contributed by atoms with Gasteiger partial charge in [0.1, 0.15) is 5.75 Å². The number of hydrogen-bond acceptors (Lipinski definition) is 3. The average molecular weight is 250 g/mol. The van der Waals surface area contributed by atoms with Crippen molar-refractivity contribution in [3.05, 3.63) is 29.8 Å². The van der Waals surface area contributed by atoms with E-state index >= 15 is 0 Å². The zero-order chi connectivity index (χ0) is 13.4. The van der Waals surface area contributed by atoms with Crippen molar-refractivity contribution in [2.75, 3.05) is 13.1 Å². The standard InChI is InChI=1S/C14H22N2O2/c1-11(2)7-8-16-14(18)10-15-9-12-5-3-4-6-13(12)17/h3-6,11,15,17H,7-10H2,1-2H3,(H,16,18). The van der Waals surface area contributed by atoms with Crippen LogP contribution in [0.25, 0.3) is 0 Å². The summed E-state index contributed by atoms with van der Waals surface area (Å²) in [5.74, 6) is 0.843. The van der Waals surface area contributed by atoms with Gasteiger partial charge < -0.3 is 15.7 Å². The molecule has 0 saturated heterocycles. The normalized spacial score (nSPS) is 10.6. The van der Waals surface area contributed by atoms with E-state index in [0.29, 0.717) is 12.5 Å². The zero-order valence-electron chi connectivity index (χ0n) is 11.1. The zero-order valence-corrected chi connectivity index (χ0v) is 11.1. The first kappa shape index (κ1) is 14.5. The first-order valence-electron chi connectivity index (χ1n) is 6.34. The highest BCUT2D eigenvalue weighted by molar-refractivity contribution is 5.77. The summed E-state index contributed by atoms with van der Waals surface area (Å²) in [6, 6.07) is 7.11. The summed E-state index contributed by atoms with van der Waals surface area (Å²) < 4.78 is 0. The van der Waals surface area contributed by atoms with Crippen LogP contribution in [0, 0.1) is 5.92 Å². The number of carbonyl (C=O) groups is 1. The smallest absolute Gasteiger partial charge is 0.233 e. The quantitative estimate of drug-likeness (QED) is 0.689. The average Bonchev–Trinajstić information content (AvgIpc) is 2.31. The fourth-order valence-electron chi connectivity index (χ4n) is 1.53. The summed E-state index contributed by atoms with van der Waals surface area (Å²) in [5.41, 5.74) is 0.799. The van der Waals surface area contributed by atoms with Crippen molar-refractivity contribution < 1.29 is 9.90 Å². The minimum Gasteiger partial charge on any atom is -0.508 e. The molecular formula is C14H22N2O2. The Hall–Kier alpha value is -1.55. The molecule has 4 nitrogen and oxygen atoms in total. The van der Waals surface area contributed by atoms with E-state index in [-0.39, 0.29) is 18.2 Å². The highest BCUT2D eigenvalue weighted by Gasteiger charge is 2.03. The number of amides is 1. The second-order valence-electron chi connectivity index (χ2n) is 4.76. The van der Waals surface area contributed by atoms with E-state index < -0.39 is 0 Å². The van der Waals surface area contributed by atoms with E-state index in [9.17, 15) is 9.90 Å². The second kappa shape index (κ2) is 7.71. The van der Waals surface area contributed by atoms with Crippen LogP contribution in [0.2, 0.25) is 0 Å². The minimum atomic E-state index is -0.00827. The molecule has 0 unspecified atom stereocenters. The van der Waals surface area contributed by atoms with Gasteiger partial charge in [0, 0.05) is 18.7 Å². The number of nitrogens with one attached hydrogen (secondary N) is 2. The first-order chi connectivity index (χ1) is 8.59. The fraction of sp³-hybridized carbons (Fsp3) is 0.500. The van der Waals surface area contributed by atoms with Gasteiger partial charge in [-0.1, -0.05) is 32.0 Å². The molecule has 1 aromatic carbocycles. The van der Waals surface area contributed by atoms with E-state index in [1.54, 1.807) is 12.1 Å². The summed E-state index contributed by atoms with van der Waals surface area (Å²) in [4.78, 5) is 11.5. The highest BCUT2D eigenvalue weighted by atomic mass is 16.3. The summed E-state index contributed by atoms with van der Waals surface area (Å²) in [5, 5.41) is 15.4. The maximum Gasteiger partial charge on any atom is 0.233 e. The number of phenols is 1. The van der Waals surface area contributed by atoms with E-state index in [0.717, 1.165) is 18.5 Å². The molecule has 0 fully saturated rings. The summed E-state index contributed by atoms with van der Waals surface area (Å²) in [6.07, 6.45) is 0.991. The van der Waals surface area contributed by atoms with E-state index in [1.807, 2.05) is 12.1 Å². The van der Waals surface area contributed by atoms with Gasteiger partial charge in [-0.05, 0) is 18.4 Å². The Morgan fingerprint density at radius 1 is 1.33 bits per heavy atom. The van der Waals surface area contributed by atoms with E-state index in [1.165, 1.54) is 0 Å². The molecule has 0 aliphatic rings. The van der Waals surface area contributed by atoms with Crippen LogP contribution in [0.1, 0.15) is 25.8 Å². The van der Waals surface area contributed by atoms with Crippen LogP contribution >= 0.6 is 0 Å². The van der Waals surface area contributed by atoms with E-state index in [2.05, 4.69) is 24.5 Å². The molecule has 18 heavy (non-hydrogen) atoms. The molecule has 0 heterocycles. The molecule has 0 spiro atoms. The van der Waals surface area contributed by atoms with Crippen molar-refractivity contribution in [2.24, 2.45) is 5.92 Å². The maximum absolute atomic E-state index is 11.5. The Morgan fingerprint density at radius 2 is 2.06 bits per heavy atom. The summed E-state index contributed by atoms with van der Waals surface area (Å²) in [6.45, 7) is 5.73. The predicted molar refractivity (Wildman–Crippen MR) is 72.3 cm³/mol. The Morgan fingerprint density at radius 3 is 2.72 bits per heavy atom. The third-order valence-electron chi connectivity index (χ3n) is 2.64. The van der Waals surface area contributed by atoms with E-state index in [4.69, 9.17) is 0 Å². The monoisotopic (exact) mass is 250 g/mol. The number of aromatic hydroxyl groups is 1. The molecule has 100 valence electrons. The Kier molecular flexibility index (Phi) is 6.22. The number of benzene rings is 1. The van der Waals surface area contributed by atoms with Gasteiger partial charge in [-0.25, -0.2) is 0 Å². The van der Waals surface area contributed by atoms with Crippen molar-refractivity contribution >= 4 is 5.91 Å². The first-order valence-corrected chi connectivity index (χ1v) is 6.34. The molecule has 0 aliphatic carbocycles. The highest BCUT2D eigenvalue weighted by Crippen LogP contribution is 2.14. The lowest BCUT2D eigenvalue weighted by molar-refractivity contribution is -0.120. The largest absolute Gasteiger partial charge is 0.508 e. The molecule has 0 bridgehead atoms. The Balaban J connectivity index is 2.18. The topological polar surface area (TPSA) is 61.4 Å². The third kappa shape index (κ3) is 5.68. The Bertz CT molecular complexity index is 378. The van der Waals surface area contributed by atoms with Gasteiger partial charge in [0.05, 0.1) is 6.54 Å². The van der Waals surface area contributed by atoms with Crippen LogP contribution in [0.4, 0.5) is 0 Å². The van der Waals surface area contributed by atoms with Crippen LogP contribution in [-0.4, -0.2) is 24.1 Å². The van der Waals surface area contributed by atoms with Crippen molar-refractivity contribution in [1.82, 2.24) is 10.6 Å². The molecule has 0 aliphatic heterocycles. The molecule has 1 aromatic rings. The van der Waals surface area contributed by atoms with Crippen LogP contribution in [-0.2, 0) is 11.3 Å². The summed E-state index contributed by atoms with van der Waals surface area (Å²) in [7, 11) is 0. The maximum atomic E-state index is 11.5. The molecule has 4 heteroatoms. The van der Waals surface area contributed by atoms with Gasteiger partial charge in [-0.3, -0.25) is 4.79 Å². The number of hydrogen-bond donors (Lipinski definition) is 3. The SMILES string of the molecule is CC(C)CCNC(=O)CNCc1ccccc1O. The van der Waals surface area contributed by atoms with Crippen molar-refractivity contribution in [2.45, 2.75) is 26.8 Å². The molecule has 1 amide bonds. The molecule has 1 rings (SSSR count). The van der Waals surface area contributed by atoms with Crippen LogP contribution in [0.5, 0.6) is 5.75 Å². The molecule has 0 radical (unpaired) electrons. The Labute approximate surface area is 108 Å². The molecule has 3 N–H and O–H groups in total. The van der Waals surface area contributed by atoms with Crippen LogP contribution < -0.4 is 10.6 Å². The minimum absolute atomic E-state index is 0.00827. The van der Waals surface area contributed by atoms with Gasteiger partial charge in [0.25, 0.3) is 0 Å². The van der Waals surface area contributed by atoms with Crippen molar-refractivity contribution in [3.63, 3.8) is 0 Å². The fourth-order valence-corrected chi connectivity index (χ4v) is 1.53. The van der Waals surface area contributed by atoms with Gasteiger partial charge in [0.15, 0.2) is 0 Å². The lowest BCUT2D eigenvalue weighted by Crippen LogP contribution is -2.34. The number of phenolic OH excluding ortho intramolecular Hbond substituents is 1. The third-order valence-corrected chi connectivity index (χ3v) is 2.64. The molecular weight excluding hydrogens is 228 g/mol. The number of rotatable bonds is 7. The van der Waals surface area contributed by atoms with Crippen molar-refractivity contribution in [1.29, 1.82) is 0 Å². The van der Waals surface area contributed by atoms with Crippen molar-refractivity contribution in [3.8, 4) is 5.75 Å². The predicted octanol–water partition coefficient (Wildman–Crippen LogP) is 1.64. The molecule has 0 saturated carbocycles. The van der Waals surface area contributed by atoms with Crippen LogP contribution in [0.3, 0.4) is 0 Å². The molecule has 0 atom stereocenters. The second-order valence-corrected chi connectivity index (χ2v) is 4.76. The lowest BCUT2D eigenvalue weighted by Gasteiger charge is -2.08. The van der Waals surface area contributed by atoms with Gasteiger partial charge in [-0.15, -0.1) is 0 Å². The van der Waals surface area contributed by atoms with Gasteiger partial charge in [0.2, 0.25) is 5.91 Å². The van der Waals surface area contributed by atoms with Gasteiger partial charge in [-0.2, -0.15) is 0 Å².